The monoisotopic (exact) mass is 147 g/mol. The molecule has 2 rings (SSSR count). The molecule has 1 aliphatic heterocycles. The van der Waals surface area contributed by atoms with E-state index in [0.717, 1.165) is 24.3 Å². The maximum absolute atomic E-state index is 11.0. The number of aliphatic imine (C=N–C) groups is 1. The van der Waals surface area contributed by atoms with Crippen LogP contribution in [0.1, 0.15) is 12.8 Å². The van der Waals surface area contributed by atoms with Gasteiger partial charge in [-0.2, -0.15) is 0 Å². The van der Waals surface area contributed by atoms with Gasteiger partial charge in [0.1, 0.15) is 0 Å². The first-order valence-electron chi connectivity index (χ1n) is 3.81. The Balaban J connectivity index is 2.38. The molecule has 2 aliphatic rings. The SMILES string of the molecule is O=C1C=C2C=CCN=C2CC1. The van der Waals surface area contributed by atoms with Gasteiger partial charge in [-0.3, -0.25) is 9.79 Å². The van der Waals surface area contributed by atoms with Crippen LogP contribution in [-0.4, -0.2) is 18.0 Å². The van der Waals surface area contributed by atoms with Crippen LogP contribution in [-0.2, 0) is 4.79 Å². The zero-order valence-corrected chi connectivity index (χ0v) is 6.21. The summed E-state index contributed by atoms with van der Waals surface area (Å²) in [6.45, 7) is 0.779. The second-order valence-electron chi connectivity index (χ2n) is 2.76. The van der Waals surface area contributed by atoms with Gasteiger partial charge in [-0.05, 0) is 18.1 Å². The van der Waals surface area contributed by atoms with Crippen molar-refractivity contribution in [2.75, 3.05) is 6.54 Å². The first-order chi connectivity index (χ1) is 5.36. The number of fused-ring (bicyclic) bond motifs is 1. The molecule has 0 saturated heterocycles. The number of hydrogen-bond donors (Lipinski definition) is 0. The van der Waals surface area contributed by atoms with Crippen molar-refractivity contribution in [3.05, 3.63) is 23.8 Å². The molecule has 0 amide bonds. The van der Waals surface area contributed by atoms with E-state index in [4.69, 9.17) is 0 Å². The van der Waals surface area contributed by atoms with E-state index in [-0.39, 0.29) is 5.78 Å². The van der Waals surface area contributed by atoms with Gasteiger partial charge in [0.15, 0.2) is 5.78 Å². The Bertz CT molecular complexity index is 284. The highest BCUT2D eigenvalue weighted by Crippen LogP contribution is 2.16. The van der Waals surface area contributed by atoms with Crippen LogP contribution in [0.3, 0.4) is 0 Å². The van der Waals surface area contributed by atoms with Crippen molar-refractivity contribution in [3.63, 3.8) is 0 Å². The molecule has 0 radical (unpaired) electrons. The van der Waals surface area contributed by atoms with Crippen LogP contribution in [0.15, 0.2) is 28.8 Å². The lowest BCUT2D eigenvalue weighted by molar-refractivity contribution is -0.114. The number of rotatable bonds is 0. The Kier molecular flexibility index (Phi) is 1.46. The molecule has 11 heavy (non-hydrogen) atoms. The van der Waals surface area contributed by atoms with Gasteiger partial charge in [-0.1, -0.05) is 12.2 Å². The molecule has 56 valence electrons. The molecule has 0 unspecified atom stereocenters. The summed E-state index contributed by atoms with van der Waals surface area (Å²) in [6.07, 6.45) is 7.12. The highest BCUT2D eigenvalue weighted by molar-refractivity contribution is 6.12. The molecule has 0 saturated carbocycles. The van der Waals surface area contributed by atoms with Gasteiger partial charge in [0.25, 0.3) is 0 Å². The van der Waals surface area contributed by atoms with E-state index in [1.54, 1.807) is 6.08 Å². The van der Waals surface area contributed by atoms with Crippen molar-refractivity contribution >= 4 is 11.5 Å². The van der Waals surface area contributed by atoms with Crippen LogP contribution in [0.2, 0.25) is 0 Å². The molecule has 0 atom stereocenters. The Morgan fingerprint density at radius 3 is 3.18 bits per heavy atom. The average molecular weight is 147 g/mol. The minimum absolute atomic E-state index is 0.227. The van der Waals surface area contributed by atoms with E-state index in [9.17, 15) is 4.79 Å². The van der Waals surface area contributed by atoms with Crippen molar-refractivity contribution < 1.29 is 4.79 Å². The summed E-state index contributed by atoms with van der Waals surface area (Å²) in [4.78, 5) is 15.2. The van der Waals surface area contributed by atoms with Crippen LogP contribution in [0.4, 0.5) is 0 Å². The van der Waals surface area contributed by atoms with Gasteiger partial charge in [-0.15, -0.1) is 0 Å². The third-order valence-corrected chi connectivity index (χ3v) is 1.94. The van der Waals surface area contributed by atoms with Gasteiger partial charge in [0, 0.05) is 12.1 Å². The Labute approximate surface area is 65.3 Å². The predicted molar refractivity (Wildman–Crippen MR) is 43.8 cm³/mol. The smallest absolute Gasteiger partial charge is 0.156 e. The number of nitrogens with zero attached hydrogens (tertiary/aromatic N) is 1. The number of carbonyl (C=O) groups is 1. The molecular weight excluding hydrogens is 138 g/mol. The van der Waals surface area contributed by atoms with Crippen molar-refractivity contribution in [1.82, 2.24) is 0 Å². The van der Waals surface area contributed by atoms with E-state index in [0.29, 0.717) is 6.42 Å². The minimum Gasteiger partial charge on any atom is -0.295 e. The minimum atomic E-state index is 0.227. The van der Waals surface area contributed by atoms with Crippen LogP contribution in [0.5, 0.6) is 0 Å². The summed E-state index contributed by atoms with van der Waals surface area (Å²) < 4.78 is 0. The summed E-state index contributed by atoms with van der Waals surface area (Å²) in [6, 6.07) is 0. The third-order valence-electron chi connectivity index (χ3n) is 1.94. The lowest BCUT2D eigenvalue weighted by Crippen LogP contribution is -2.14. The highest BCUT2D eigenvalue weighted by Gasteiger charge is 2.15. The standard InChI is InChI=1S/C9H9NO/c11-8-3-4-9-7(6-8)2-1-5-10-9/h1-2,6H,3-5H2. The van der Waals surface area contributed by atoms with E-state index >= 15 is 0 Å². The van der Waals surface area contributed by atoms with Crippen molar-refractivity contribution in [1.29, 1.82) is 0 Å². The molecule has 1 aliphatic carbocycles. The summed E-state index contributed by atoms with van der Waals surface area (Å²) in [7, 11) is 0. The van der Waals surface area contributed by atoms with Gasteiger partial charge < -0.3 is 0 Å². The van der Waals surface area contributed by atoms with E-state index < -0.39 is 0 Å². The van der Waals surface area contributed by atoms with E-state index in [1.165, 1.54) is 0 Å². The van der Waals surface area contributed by atoms with Gasteiger partial charge >= 0.3 is 0 Å². The fourth-order valence-electron chi connectivity index (χ4n) is 1.37. The molecule has 0 aromatic heterocycles. The molecular formula is C9H9NO. The maximum atomic E-state index is 11.0. The molecule has 0 aromatic rings. The summed E-state index contributed by atoms with van der Waals surface area (Å²) in [5.41, 5.74) is 2.12. The normalized spacial score (nSPS) is 22.4. The first kappa shape index (κ1) is 6.53. The molecule has 0 bridgehead atoms. The quantitative estimate of drug-likeness (QED) is 0.507. The third kappa shape index (κ3) is 1.16. The first-order valence-corrected chi connectivity index (χ1v) is 3.81. The van der Waals surface area contributed by atoms with Crippen LogP contribution in [0.25, 0.3) is 0 Å². The number of dihydropyridines is 1. The van der Waals surface area contributed by atoms with Crippen LogP contribution in [0, 0.1) is 0 Å². The lowest BCUT2D eigenvalue weighted by atomic mass is 9.95. The Hall–Kier alpha value is -1.18. The number of ketones is 1. The molecule has 2 nitrogen and oxygen atoms in total. The van der Waals surface area contributed by atoms with Gasteiger partial charge in [-0.25, -0.2) is 0 Å². The molecule has 0 aromatic carbocycles. The zero-order valence-electron chi connectivity index (χ0n) is 6.21. The molecule has 0 spiro atoms. The second-order valence-corrected chi connectivity index (χ2v) is 2.76. The second kappa shape index (κ2) is 2.46. The van der Waals surface area contributed by atoms with Crippen LogP contribution >= 0.6 is 0 Å². The Morgan fingerprint density at radius 1 is 1.36 bits per heavy atom. The molecule has 1 heterocycles. The fraction of sp³-hybridized carbons (Fsp3) is 0.333. The average Bonchev–Trinajstić information content (AvgIpc) is 2.04. The van der Waals surface area contributed by atoms with Gasteiger partial charge in [0.2, 0.25) is 0 Å². The van der Waals surface area contributed by atoms with Crippen molar-refractivity contribution in [2.24, 2.45) is 4.99 Å². The number of hydrogen-bond acceptors (Lipinski definition) is 2. The Morgan fingerprint density at radius 2 is 2.27 bits per heavy atom. The van der Waals surface area contributed by atoms with E-state index in [1.807, 2.05) is 12.2 Å². The van der Waals surface area contributed by atoms with Crippen molar-refractivity contribution in [3.8, 4) is 0 Å². The van der Waals surface area contributed by atoms with Gasteiger partial charge in [0.05, 0.1) is 6.54 Å². The summed E-state index contributed by atoms with van der Waals surface area (Å²) in [5, 5.41) is 0. The van der Waals surface area contributed by atoms with E-state index in [2.05, 4.69) is 4.99 Å². The summed E-state index contributed by atoms with van der Waals surface area (Å²) in [5.74, 6) is 0.227. The molecule has 0 N–H and O–H groups in total. The molecule has 0 fully saturated rings. The summed E-state index contributed by atoms with van der Waals surface area (Å²) >= 11 is 0. The van der Waals surface area contributed by atoms with Crippen molar-refractivity contribution in [2.45, 2.75) is 12.8 Å². The van der Waals surface area contributed by atoms with Crippen LogP contribution < -0.4 is 0 Å². The zero-order chi connectivity index (χ0) is 7.68. The fourth-order valence-corrected chi connectivity index (χ4v) is 1.37. The molecule has 2 heteroatoms. The maximum Gasteiger partial charge on any atom is 0.156 e. The predicted octanol–water partition coefficient (Wildman–Crippen LogP) is 1.29. The number of carbonyl (C=O) groups excluding carboxylic acids is 1. The largest absolute Gasteiger partial charge is 0.295 e. The lowest BCUT2D eigenvalue weighted by Gasteiger charge is -2.14. The topological polar surface area (TPSA) is 29.4 Å². The highest BCUT2D eigenvalue weighted by atomic mass is 16.1. The number of allylic oxidation sites excluding steroid dienone is 3.